The lowest BCUT2D eigenvalue weighted by atomic mass is 9.97. The summed E-state index contributed by atoms with van der Waals surface area (Å²) in [6.45, 7) is 2.25. The Hall–Kier alpha value is -2.68. The fraction of sp³-hybridized carbons (Fsp3) is 0.471. The highest BCUT2D eigenvalue weighted by molar-refractivity contribution is 6.33. The van der Waals surface area contributed by atoms with Crippen molar-refractivity contribution in [1.29, 1.82) is 0 Å². The summed E-state index contributed by atoms with van der Waals surface area (Å²) < 4.78 is 9.91. The number of hydrogen-bond acceptors (Lipinski definition) is 7. The molecule has 0 aromatic heterocycles. The molecule has 1 aliphatic heterocycles. The van der Waals surface area contributed by atoms with Crippen molar-refractivity contribution in [1.82, 2.24) is 4.90 Å². The summed E-state index contributed by atoms with van der Waals surface area (Å²) in [4.78, 5) is 47.6. The smallest absolute Gasteiger partial charge is 0.340 e. The van der Waals surface area contributed by atoms with Crippen LogP contribution in [0.5, 0.6) is 0 Å². The van der Waals surface area contributed by atoms with E-state index in [-0.39, 0.29) is 28.2 Å². The molecule has 1 aromatic rings. The summed E-state index contributed by atoms with van der Waals surface area (Å²) in [5, 5.41) is 10.8. The number of non-ortho nitro benzene ring substituents is 1. The van der Waals surface area contributed by atoms with E-state index in [1.807, 2.05) is 0 Å². The molecule has 0 unspecified atom stereocenters. The Kier molecular flexibility index (Phi) is 7.12. The van der Waals surface area contributed by atoms with Crippen LogP contribution >= 0.6 is 11.6 Å². The fourth-order valence-corrected chi connectivity index (χ4v) is 2.90. The van der Waals surface area contributed by atoms with E-state index < -0.39 is 23.4 Å². The maximum absolute atomic E-state index is 12.2. The number of benzene rings is 1. The number of hydrogen-bond donors (Lipinski definition) is 0. The molecule has 1 amide bonds. The molecule has 9 nitrogen and oxygen atoms in total. The molecular formula is C17H19ClN2O7. The molecule has 0 spiro atoms. The first-order chi connectivity index (χ1) is 12.8. The van der Waals surface area contributed by atoms with E-state index >= 15 is 0 Å². The Morgan fingerprint density at radius 3 is 2.52 bits per heavy atom. The van der Waals surface area contributed by atoms with Crippen molar-refractivity contribution >= 4 is 35.1 Å². The number of esters is 2. The number of nitro benzene ring substituents is 1. The highest BCUT2D eigenvalue weighted by Crippen LogP contribution is 2.23. The first-order valence-electron chi connectivity index (χ1n) is 8.39. The van der Waals surface area contributed by atoms with E-state index in [2.05, 4.69) is 0 Å². The zero-order chi connectivity index (χ0) is 20.0. The number of amides is 1. The minimum atomic E-state index is -0.918. The minimum absolute atomic E-state index is 0.00620. The molecule has 0 N–H and O–H groups in total. The van der Waals surface area contributed by atoms with Gasteiger partial charge in [0.2, 0.25) is 0 Å². The van der Waals surface area contributed by atoms with E-state index in [1.165, 1.54) is 11.0 Å². The number of nitro groups is 1. The van der Waals surface area contributed by atoms with Gasteiger partial charge in [-0.05, 0) is 25.8 Å². The highest BCUT2D eigenvalue weighted by Gasteiger charge is 2.28. The molecule has 146 valence electrons. The van der Waals surface area contributed by atoms with Crippen molar-refractivity contribution in [2.75, 3.05) is 26.3 Å². The van der Waals surface area contributed by atoms with Gasteiger partial charge >= 0.3 is 11.9 Å². The Balaban J connectivity index is 1.87. The molecular weight excluding hydrogens is 380 g/mol. The maximum Gasteiger partial charge on any atom is 0.340 e. The van der Waals surface area contributed by atoms with Gasteiger partial charge in [-0.15, -0.1) is 0 Å². The van der Waals surface area contributed by atoms with E-state index in [0.29, 0.717) is 32.5 Å². The van der Waals surface area contributed by atoms with Crippen LogP contribution in [0, 0.1) is 16.0 Å². The molecule has 10 heteroatoms. The quantitative estimate of drug-likeness (QED) is 0.409. The van der Waals surface area contributed by atoms with Gasteiger partial charge in [-0.1, -0.05) is 11.6 Å². The number of ether oxygens (including phenoxy) is 2. The van der Waals surface area contributed by atoms with Crippen molar-refractivity contribution < 1.29 is 28.8 Å². The Morgan fingerprint density at radius 2 is 1.93 bits per heavy atom. The van der Waals surface area contributed by atoms with Crippen molar-refractivity contribution in [3.05, 3.63) is 38.9 Å². The van der Waals surface area contributed by atoms with E-state index in [1.54, 1.807) is 6.92 Å². The van der Waals surface area contributed by atoms with Gasteiger partial charge < -0.3 is 14.4 Å². The van der Waals surface area contributed by atoms with Gasteiger partial charge in [0.15, 0.2) is 6.61 Å². The average Bonchev–Trinajstić information content (AvgIpc) is 2.66. The number of piperidine rings is 1. The van der Waals surface area contributed by atoms with Gasteiger partial charge in [-0.25, -0.2) is 4.79 Å². The van der Waals surface area contributed by atoms with Gasteiger partial charge in [-0.2, -0.15) is 0 Å². The molecule has 1 aliphatic rings. The molecule has 1 aromatic carbocycles. The maximum atomic E-state index is 12.2. The number of carbonyl (C=O) groups excluding carboxylic acids is 3. The van der Waals surface area contributed by atoms with Gasteiger partial charge in [-0.3, -0.25) is 19.7 Å². The standard InChI is InChI=1S/C17H19ClN2O7/c1-2-26-16(22)11-5-7-19(8-6-11)15(21)10-27-17(23)13-9-12(20(24)25)3-4-14(13)18/h3-4,9,11H,2,5-8,10H2,1H3. The van der Waals surface area contributed by atoms with Crippen LogP contribution in [0.1, 0.15) is 30.1 Å². The Morgan fingerprint density at radius 1 is 1.26 bits per heavy atom. The zero-order valence-electron chi connectivity index (χ0n) is 14.7. The predicted octanol–water partition coefficient (Wildman–Crippen LogP) is 2.21. The molecule has 1 saturated heterocycles. The summed E-state index contributed by atoms with van der Waals surface area (Å²) in [5.41, 5.74) is -0.488. The van der Waals surface area contributed by atoms with Crippen molar-refractivity contribution in [2.45, 2.75) is 19.8 Å². The first kappa shape index (κ1) is 20.6. The van der Waals surface area contributed by atoms with Crippen LogP contribution < -0.4 is 0 Å². The van der Waals surface area contributed by atoms with E-state index in [4.69, 9.17) is 21.1 Å². The fourth-order valence-electron chi connectivity index (χ4n) is 2.70. The number of rotatable bonds is 6. The second kappa shape index (κ2) is 9.31. The molecule has 1 heterocycles. The number of likely N-dealkylation sites (tertiary alicyclic amines) is 1. The number of nitrogens with zero attached hydrogens (tertiary/aromatic N) is 2. The van der Waals surface area contributed by atoms with Gasteiger partial charge in [0.05, 0.1) is 28.0 Å². The second-order valence-electron chi connectivity index (χ2n) is 5.90. The van der Waals surface area contributed by atoms with Crippen LogP contribution in [-0.2, 0) is 19.1 Å². The molecule has 2 rings (SSSR count). The lowest BCUT2D eigenvalue weighted by Gasteiger charge is -2.30. The van der Waals surface area contributed by atoms with Gasteiger partial charge in [0, 0.05) is 25.2 Å². The summed E-state index contributed by atoms with van der Waals surface area (Å²) in [7, 11) is 0. The average molecular weight is 399 g/mol. The second-order valence-corrected chi connectivity index (χ2v) is 6.31. The summed E-state index contributed by atoms with van der Waals surface area (Å²) in [6.07, 6.45) is 0.963. The van der Waals surface area contributed by atoms with Crippen molar-refractivity contribution in [3.8, 4) is 0 Å². The van der Waals surface area contributed by atoms with Crippen molar-refractivity contribution in [2.24, 2.45) is 5.92 Å². The first-order valence-corrected chi connectivity index (χ1v) is 8.76. The summed E-state index contributed by atoms with van der Waals surface area (Å²) in [5.74, 6) is -1.83. The monoisotopic (exact) mass is 398 g/mol. The molecule has 27 heavy (non-hydrogen) atoms. The lowest BCUT2D eigenvalue weighted by molar-refractivity contribution is -0.384. The predicted molar refractivity (Wildman–Crippen MR) is 94.3 cm³/mol. The van der Waals surface area contributed by atoms with Crippen molar-refractivity contribution in [3.63, 3.8) is 0 Å². The molecule has 0 bridgehead atoms. The highest BCUT2D eigenvalue weighted by atomic mass is 35.5. The third-order valence-corrected chi connectivity index (χ3v) is 4.50. The zero-order valence-corrected chi connectivity index (χ0v) is 15.4. The number of carbonyl (C=O) groups is 3. The van der Waals surface area contributed by atoms with Crippen LogP contribution in [0.15, 0.2) is 18.2 Å². The summed E-state index contributed by atoms with van der Waals surface area (Å²) >= 11 is 5.87. The van der Waals surface area contributed by atoms with Crippen LogP contribution in [0.2, 0.25) is 5.02 Å². The molecule has 0 aliphatic carbocycles. The normalized spacial score (nSPS) is 14.5. The minimum Gasteiger partial charge on any atom is -0.466 e. The molecule has 0 saturated carbocycles. The summed E-state index contributed by atoms with van der Waals surface area (Å²) in [6, 6.07) is 3.39. The van der Waals surface area contributed by atoms with Gasteiger partial charge in [0.1, 0.15) is 0 Å². The van der Waals surface area contributed by atoms with Gasteiger partial charge in [0.25, 0.3) is 11.6 Å². The molecule has 0 radical (unpaired) electrons. The molecule has 1 fully saturated rings. The SMILES string of the molecule is CCOC(=O)C1CCN(C(=O)COC(=O)c2cc([N+](=O)[O-])ccc2Cl)CC1. The largest absolute Gasteiger partial charge is 0.466 e. The van der Waals surface area contributed by atoms with Crippen LogP contribution in [0.4, 0.5) is 5.69 Å². The Bertz CT molecular complexity index is 745. The third kappa shape index (κ3) is 5.40. The van der Waals surface area contributed by atoms with Crippen LogP contribution in [0.3, 0.4) is 0 Å². The van der Waals surface area contributed by atoms with E-state index in [9.17, 15) is 24.5 Å². The number of halogens is 1. The molecule has 0 atom stereocenters. The third-order valence-electron chi connectivity index (χ3n) is 4.18. The Labute approximate surface area is 160 Å². The lowest BCUT2D eigenvalue weighted by Crippen LogP contribution is -2.42. The topological polar surface area (TPSA) is 116 Å². The van der Waals surface area contributed by atoms with Crippen LogP contribution in [0.25, 0.3) is 0 Å². The van der Waals surface area contributed by atoms with Crippen LogP contribution in [-0.4, -0.2) is 54.0 Å². The van der Waals surface area contributed by atoms with E-state index in [0.717, 1.165) is 12.1 Å².